The Bertz CT molecular complexity index is 773. The van der Waals surface area contributed by atoms with Crippen LogP contribution in [0, 0.1) is 0 Å². The van der Waals surface area contributed by atoms with Crippen LogP contribution in [-0.2, 0) is 39.3 Å². The van der Waals surface area contributed by atoms with E-state index in [2.05, 4.69) is 47.5 Å². The lowest BCUT2D eigenvalue weighted by molar-refractivity contribution is 0.687. The number of nitrogens with one attached hydrogen (secondary N) is 1. The molecule has 25 heavy (non-hydrogen) atoms. The number of fused-ring (bicyclic) bond motifs is 1. The quantitative estimate of drug-likeness (QED) is 0.648. The Labute approximate surface area is 150 Å². The molecule has 0 saturated heterocycles. The van der Waals surface area contributed by atoms with E-state index in [9.17, 15) is 0 Å². The summed E-state index contributed by atoms with van der Waals surface area (Å²) in [7, 11) is 2.00. The second-order valence-electron chi connectivity index (χ2n) is 6.68. The average Bonchev–Trinajstić information content (AvgIpc) is 2.95. The highest BCUT2D eigenvalue weighted by atomic mass is 15.3. The second kappa shape index (κ2) is 7.72. The SMILES string of the molecule is CCc1nn(C)c(CC)c1CN=C(N)Nc1cccc2c1CCCC2. The van der Waals surface area contributed by atoms with Gasteiger partial charge in [0.25, 0.3) is 0 Å². The number of guanidine groups is 1. The van der Waals surface area contributed by atoms with Crippen LogP contribution in [0.2, 0.25) is 0 Å². The second-order valence-corrected chi connectivity index (χ2v) is 6.68. The lowest BCUT2D eigenvalue weighted by Crippen LogP contribution is -2.24. The maximum Gasteiger partial charge on any atom is 0.193 e. The highest BCUT2D eigenvalue weighted by molar-refractivity contribution is 5.93. The number of rotatable bonds is 5. The summed E-state index contributed by atoms with van der Waals surface area (Å²) in [6, 6.07) is 6.43. The van der Waals surface area contributed by atoms with Gasteiger partial charge in [-0.1, -0.05) is 26.0 Å². The van der Waals surface area contributed by atoms with Crippen molar-refractivity contribution >= 4 is 11.6 Å². The van der Waals surface area contributed by atoms with Crippen LogP contribution in [0.15, 0.2) is 23.2 Å². The Balaban J connectivity index is 1.78. The van der Waals surface area contributed by atoms with Gasteiger partial charge in [0.05, 0.1) is 12.2 Å². The molecular weight excluding hydrogens is 310 g/mol. The van der Waals surface area contributed by atoms with E-state index >= 15 is 0 Å². The van der Waals surface area contributed by atoms with E-state index in [1.54, 1.807) is 0 Å². The maximum atomic E-state index is 6.19. The molecule has 0 radical (unpaired) electrons. The summed E-state index contributed by atoms with van der Waals surface area (Å²) < 4.78 is 1.97. The number of anilines is 1. The molecule has 1 aliphatic rings. The van der Waals surface area contributed by atoms with Crippen molar-refractivity contribution in [3.63, 3.8) is 0 Å². The van der Waals surface area contributed by atoms with Crippen LogP contribution in [0.4, 0.5) is 5.69 Å². The van der Waals surface area contributed by atoms with Gasteiger partial charge in [0.15, 0.2) is 5.96 Å². The van der Waals surface area contributed by atoms with E-state index in [1.807, 2.05) is 11.7 Å². The molecule has 5 nitrogen and oxygen atoms in total. The standard InChI is InChI=1S/C20H29N5/c1-4-17-16(19(5-2)25(3)24-17)13-22-20(21)23-18-12-8-10-14-9-6-7-11-15(14)18/h8,10,12H,4-7,9,11,13H2,1-3H3,(H3,21,22,23). The van der Waals surface area contributed by atoms with Gasteiger partial charge in [0, 0.05) is 24.0 Å². The summed E-state index contributed by atoms with van der Waals surface area (Å²) in [5, 5.41) is 7.93. The van der Waals surface area contributed by atoms with Crippen molar-refractivity contribution in [3.8, 4) is 0 Å². The molecule has 1 heterocycles. The van der Waals surface area contributed by atoms with Crippen molar-refractivity contribution in [1.29, 1.82) is 0 Å². The maximum absolute atomic E-state index is 6.19. The average molecular weight is 339 g/mol. The largest absolute Gasteiger partial charge is 0.370 e. The molecule has 0 amide bonds. The number of hydrogen-bond acceptors (Lipinski definition) is 2. The molecule has 1 aromatic carbocycles. The molecule has 3 N–H and O–H groups in total. The van der Waals surface area contributed by atoms with Crippen LogP contribution in [0.5, 0.6) is 0 Å². The Morgan fingerprint density at radius 3 is 2.80 bits per heavy atom. The van der Waals surface area contributed by atoms with Crippen molar-refractivity contribution in [3.05, 3.63) is 46.3 Å². The molecule has 134 valence electrons. The first-order valence-electron chi connectivity index (χ1n) is 9.35. The number of aromatic nitrogens is 2. The molecule has 0 bridgehead atoms. The molecule has 0 saturated carbocycles. The minimum atomic E-state index is 0.479. The van der Waals surface area contributed by atoms with Crippen LogP contribution in [0.3, 0.4) is 0 Å². The summed E-state index contributed by atoms with van der Waals surface area (Å²) in [4.78, 5) is 4.60. The Kier molecular flexibility index (Phi) is 5.41. The number of nitrogens with zero attached hydrogens (tertiary/aromatic N) is 3. The van der Waals surface area contributed by atoms with E-state index in [1.165, 1.54) is 35.2 Å². The summed E-state index contributed by atoms with van der Waals surface area (Å²) in [6.45, 7) is 4.86. The van der Waals surface area contributed by atoms with Gasteiger partial charge in [-0.2, -0.15) is 5.10 Å². The summed E-state index contributed by atoms with van der Waals surface area (Å²) in [6.07, 6.45) is 6.68. The van der Waals surface area contributed by atoms with Crippen molar-refractivity contribution in [2.75, 3.05) is 5.32 Å². The van der Waals surface area contributed by atoms with E-state index < -0.39 is 0 Å². The van der Waals surface area contributed by atoms with Gasteiger partial charge >= 0.3 is 0 Å². The van der Waals surface area contributed by atoms with Gasteiger partial charge in [-0.3, -0.25) is 4.68 Å². The molecule has 0 spiro atoms. The topological polar surface area (TPSA) is 68.2 Å². The first-order chi connectivity index (χ1) is 12.1. The normalized spacial score (nSPS) is 14.4. The molecule has 0 aliphatic heterocycles. The third-order valence-electron chi connectivity index (χ3n) is 5.09. The van der Waals surface area contributed by atoms with Crippen molar-refractivity contribution in [2.24, 2.45) is 17.8 Å². The van der Waals surface area contributed by atoms with Crippen molar-refractivity contribution < 1.29 is 0 Å². The number of aliphatic imine (C=N–C) groups is 1. The fourth-order valence-electron chi connectivity index (χ4n) is 3.81. The monoisotopic (exact) mass is 339 g/mol. The fourth-order valence-corrected chi connectivity index (χ4v) is 3.81. The highest BCUT2D eigenvalue weighted by Gasteiger charge is 2.15. The zero-order valence-electron chi connectivity index (χ0n) is 15.6. The Morgan fingerprint density at radius 1 is 1.24 bits per heavy atom. The Hall–Kier alpha value is -2.30. The summed E-state index contributed by atoms with van der Waals surface area (Å²) in [5.41, 5.74) is 13.7. The van der Waals surface area contributed by atoms with Gasteiger partial charge < -0.3 is 11.1 Å². The number of nitrogens with two attached hydrogens (primary N) is 1. The van der Waals surface area contributed by atoms with Gasteiger partial charge in [0.1, 0.15) is 0 Å². The molecule has 3 rings (SSSR count). The molecule has 0 unspecified atom stereocenters. The van der Waals surface area contributed by atoms with Crippen LogP contribution in [0.1, 0.15) is 54.8 Å². The van der Waals surface area contributed by atoms with E-state index in [0.717, 1.165) is 37.1 Å². The van der Waals surface area contributed by atoms with Crippen molar-refractivity contribution in [2.45, 2.75) is 58.9 Å². The van der Waals surface area contributed by atoms with Crippen LogP contribution < -0.4 is 11.1 Å². The van der Waals surface area contributed by atoms with Gasteiger partial charge in [-0.05, 0) is 55.7 Å². The van der Waals surface area contributed by atoms with Gasteiger partial charge in [-0.15, -0.1) is 0 Å². The van der Waals surface area contributed by atoms with E-state index in [0.29, 0.717) is 12.5 Å². The lowest BCUT2D eigenvalue weighted by Gasteiger charge is -2.19. The third-order valence-corrected chi connectivity index (χ3v) is 5.09. The van der Waals surface area contributed by atoms with Crippen LogP contribution in [0.25, 0.3) is 0 Å². The number of hydrogen-bond donors (Lipinski definition) is 2. The van der Waals surface area contributed by atoms with Gasteiger partial charge in [-0.25, -0.2) is 4.99 Å². The molecular formula is C20H29N5. The number of aryl methyl sites for hydroxylation is 3. The Morgan fingerprint density at radius 2 is 2.04 bits per heavy atom. The molecule has 2 aromatic rings. The minimum absolute atomic E-state index is 0.479. The van der Waals surface area contributed by atoms with Crippen LogP contribution in [-0.4, -0.2) is 15.7 Å². The highest BCUT2D eigenvalue weighted by Crippen LogP contribution is 2.27. The van der Waals surface area contributed by atoms with E-state index in [-0.39, 0.29) is 0 Å². The predicted molar refractivity (Wildman–Crippen MR) is 104 cm³/mol. The zero-order valence-corrected chi connectivity index (χ0v) is 15.6. The lowest BCUT2D eigenvalue weighted by atomic mass is 9.90. The summed E-state index contributed by atoms with van der Waals surface area (Å²) in [5.74, 6) is 0.479. The molecule has 0 fully saturated rings. The fraction of sp³-hybridized carbons (Fsp3) is 0.500. The molecule has 0 atom stereocenters. The molecule has 1 aromatic heterocycles. The summed E-state index contributed by atoms with van der Waals surface area (Å²) >= 11 is 0. The van der Waals surface area contributed by atoms with Crippen LogP contribution >= 0.6 is 0 Å². The molecule has 1 aliphatic carbocycles. The first kappa shape index (κ1) is 17.5. The molecule has 5 heteroatoms. The van der Waals surface area contributed by atoms with Crippen molar-refractivity contribution in [1.82, 2.24) is 9.78 Å². The van der Waals surface area contributed by atoms with Gasteiger partial charge in [0.2, 0.25) is 0 Å². The zero-order chi connectivity index (χ0) is 17.8. The smallest absolute Gasteiger partial charge is 0.193 e. The number of benzene rings is 1. The minimum Gasteiger partial charge on any atom is -0.370 e. The predicted octanol–water partition coefficient (Wildman–Crippen LogP) is 3.35. The first-order valence-corrected chi connectivity index (χ1v) is 9.35. The third kappa shape index (κ3) is 3.70. The van der Waals surface area contributed by atoms with E-state index in [4.69, 9.17) is 5.73 Å².